The molecule has 1 spiro atoms. The van der Waals surface area contributed by atoms with Gasteiger partial charge in [0.05, 0.1) is 35.1 Å². The standard InChI is InChI=1S/C45H48F3N9O5/c1-49-36-6-3-31(23-35(36)45(46,47)48)54-18-12-29(13-19-54)40(59)51-38-8-4-32(24-50-38)55-16-10-28(11-17-55)25-53-26-44(27-53)14-20-56(21-15-44)30-2-5-33-34(22-30)43(62)57(42(33)61)37-7-9-39(58)52-41(37)60/h2-6,8,22-24,28-29,37H,7,9-21,25-27H2,(H,50,51,59)(H,52,58,60). The molecule has 17 heteroatoms. The Morgan fingerprint density at radius 1 is 0.806 bits per heavy atom. The summed E-state index contributed by atoms with van der Waals surface area (Å²) in [7, 11) is 0. The molecule has 0 radical (unpaired) electrons. The molecule has 14 nitrogen and oxygen atoms in total. The zero-order chi connectivity index (χ0) is 43.3. The first-order valence-electron chi connectivity index (χ1n) is 21.5. The molecule has 0 saturated carbocycles. The highest BCUT2D eigenvalue weighted by atomic mass is 19.4. The van der Waals surface area contributed by atoms with Gasteiger partial charge in [-0.15, -0.1) is 0 Å². The number of nitrogens with one attached hydrogen (secondary N) is 2. The normalized spacial score (nSPS) is 22.4. The number of aromatic nitrogens is 1. The van der Waals surface area contributed by atoms with Crippen LogP contribution in [0.1, 0.15) is 77.6 Å². The van der Waals surface area contributed by atoms with E-state index in [0.717, 1.165) is 93.8 Å². The number of halogens is 3. The maximum absolute atomic E-state index is 13.5. The van der Waals surface area contributed by atoms with E-state index in [1.807, 2.05) is 23.1 Å². The lowest BCUT2D eigenvalue weighted by molar-refractivity contribution is -0.137. The van der Waals surface area contributed by atoms with E-state index in [1.165, 1.54) is 12.1 Å². The van der Waals surface area contributed by atoms with E-state index in [0.29, 0.717) is 59.9 Å². The number of anilines is 4. The number of carbonyl (C=O) groups excluding carboxylic acids is 5. The van der Waals surface area contributed by atoms with Crippen molar-refractivity contribution >= 4 is 58.1 Å². The molecule has 6 aliphatic rings. The molecule has 6 aliphatic heterocycles. The van der Waals surface area contributed by atoms with E-state index in [2.05, 4.69) is 35.2 Å². The van der Waals surface area contributed by atoms with Crippen LogP contribution < -0.4 is 25.3 Å². The van der Waals surface area contributed by atoms with Crippen LogP contribution in [0.3, 0.4) is 0 Å². The van der Waals surface area contributed by atoms with Gasteiger partial charge in [0.25, 0.3) is 11.8 Å². The van der Waals surface area contributed by atoms with E-state index in [1.54, 1.807) is 18.3 Å². The number of nitrogens with zero attached hydrogens (tertiary/aromatic N) is 7. The Labute approximate surface area is 357 Å². The van der Waals surface area contributed by atoms with Gasteiger partial charge in [-0.2, -0.15) is 13.2 Å². The van der Waals surface area contributed by atoms with Crippen LogP contribution in [0.2, 0.25) is 0 Å². The monoisotopic (exact) mass is 851 g/mol. The molecule has 5 saturated heterocycles. The number of rotatable bonds is 8. The van der Waals surface area contributed by atoms with Crippen LogP contribution in [-0.2, 0) is 20.6 Å². The molecular formula is C45H48F3N9O5. The van der Waals surface area contributed by atoms with Crippen LogP contribution in [0.4, 0.5) is 41.7 Å². The quantitative estimate of drug-likeness (QED) is 0.213. The van der Waals surface area contributed by atoms with Crippen molar-refractivity contribution in [1.82, 2.24) is 20.1 Å². The van der Waals surface area contributed by atoms with Crippen molar-refractivity contribution < 1.29 is 37.1 Å². The number of hydrogen-bond acceptors (Lipinski definition) is 10. The lowest BCUT2D eigenvalue weighted by atomic mass is 9.71. The zero-order valence-corrected chi connectivity index (χ0v) is 34.3. The summed E-state index contributed by atoms with van der Waals surface area (Å²) in [6.07, 6.45) is 2.63. The molecule has 5 fully saturated rings. The maximum atomic E-state index is 13.5. The molecular weight excluding hydrogens is 804 g/mol. The predicted octanol–water partition coefficient (Wildman–Crippen LogP) is 5.73. The van der Waals surface area contributed by atoms with Crippen LogP contribution in [-0.4, -0.2) is 109 Å². The first-order chi connectivity index (χ1) is 29.8. The number of carbonyl (C=O) groups is 5. The van der Waals surface area contributed by atoms with Crippen molar-refractivity contribution in [2.24, 2.45) is 17.3 Å². The number of alkyl halides is 3. The Bertz CT molecular complexity index is 2320. The molecule has 1 atom stereocenters. The van der Waals surface area contributed by atoms with Gasteiger partial charge < -0.3 is 24.9 Å². The second kappa shape index (κ2) is 16.4. The van der Waals surface area contributed by atoms with E-state index in [4.69, 9.17) is 6.57 Å². The fourth-order valence-corrected chi connectivity index (χ4v) is 10.3. The largest absolute Gasteiger partial charge is 0.407 e. The van der Waals surface area contributed by atoms with E-state index < -0.39 is 47.1 Å². The minimum absolute atomic E-state index is 0.0858. The molecule has 2 aromatic carbocycles. The molecule has 62 heavy (non-hydrogen) atoms. The fourth-order valence-electron chi connectivity index (χ4n) is 10.3. The number of imide groups is 2. The van der Waals surface area contributed by atoms with Crippen molar-refractivity contribution in [3.63, 3.8) is 0 Å². The number of piperidine rings is 4. The van der Waals surface area contributed by atoms with Gasteiger partial charge in [0, 0.05) is 82.6 Å². The number of benzene rings is 2. The summed E-state index contributed by atoms with van der Waals surface area (Å²) in [5.74, 6) is -1.35. The van der Waals surface area contributed by atoms with Crippen molar-refractivity contribution in [3.05, 3.63) is 82.8 Å². The summed E-state index contributed by atoms with van der Waals surface area (Å²) in [4.78, 5) is 81.2. The molecule has 324 valence electrons. The Balaban J connectivity index is 0.690. The molecule has 9 rings (SSSR count). The summed E-state index contributed by atoms with van der Waals surface area (Å²) in [5.41, 5.74) is 1.83. The van der Waals surface area contributed by atoms with Crippen LogP contribution >= 0.6 is 0 Å². The zero-order valence-electron chi connectivity index (χ0n) is 34.3. The third-order valence-electron chi connectivity index (χ3n) is 13.9. The highest BCUT2D eigenvalue weighted by Gasteiger charge is 2.47. The third-order valence-corrected chi connectivity index (χ3v) is 13.9. The summed E-state index contributed by atoms with van der Waals surface area (Å²) < 4.78 is 40.5. The molecule has 7 heterocycles. The molecule has 0 aliphatic carbocycles. The van der Waals surface area contributed by atoms with Crippen molar-refractivity contribution in [1.29, 1.82) is 0 Å². The lowest BCUT2D eigenvalue weighted by Crippen LogP contribution is -2.61. The number of pyridine rings is 1. The van der Waals surface area contributed by atoms with Crippen LogP contribution in [0.15, 0.2) is 54.7 Å². The van der Waals surface area contributed by atoms with Crippen LogP contribution in [0.25, 0.3) is 4.85 Å². The Kier molecular flexibility index (Phi) is 10.9. The Morgan fingerprint density at radius 2 is 1.44 bits per heavy atom. The highest BCUT2D eigenvalue weighted by Crippen LogP contribution is 2.43. The van der Waals surface area contributed by atoms with E-state index in [9.17, 15) is 37.1 Å². The van der Waals surface area contributed by atoms with Gasteiger partial charge in [-0.3, -0.25) is 34.2 Å². The second-order valence-electron chi connectivity index (χ2n) is 17.7. The number of hydrogen-bond donors (Lipinski definition) is 2. The molecule has 2 N–H and O–H groups in total. The van der Waals surface area contributed by atoms with E-state index in [-0.39, 0.29) is 24.7 Å². The number of likely N-dealkylation sites (tertiary alicyclic amines) is 1. The van der Waals surface area contributed by atoms with Crippen LogP contribution in [0, 0.1) is 23.8 Å². The summed E-state index contributed by atoms with van der Waals surface area (Å²) in [6, 6.07) is 11.9. The van der Waals surface area contributed by atoms with Gasteiger partial charge in [-0.25, -0.2) is 9.83 Å². The summed E-state index contributed by atoms with van der Waals surface area (Å²) >= 11 is 0. The first kappa shape index (κ1) is 41.3. The first-order valence-corrected chi connectivity index (χ1v) is 21.5. The predicted molar refractivity (Wildman–Crippen MR) is 224 cm³/mol. The Morgan fingerprint density at radius 3 is 2.10 bits per heavy atom. The van der Waals surface area contributed by atoms with Gasteiger partial charge in [0.2, 0.25) is 17.7 Å². The molecule has 1 aromatic heterocycles. The molecule has 3 aromatic rings. The molecule has 1 unspecified atom stereocenters. The average molecular weight is 852 g/mol. The van der Waals surface area contributed by atoms with Gasteiger partial charge in [0.15, 0.2) is 5.69 Å². The van der Waals surface area contributed by atoms with Crippen molar-refractivity contribution in [2.45, 2.75) is 63.6 Å². The highest BCUT2D eigenvalue weighted by molar-refractivity contribution is 6.23. The van der Waals surface area contributed by atoms with Gasteiger partial charge in [-0.05, 0) is 98.7 Å². The van der Waals surface area contributed by atoms with Gasteiger partial charge in [-0.1, -0.05) is 6.07 Å². The van der Waals surface area contributed by atoms with Crippen molar-refractivity contribution in [3.8, 4) is 0 Å². The maximum Gasteiger partial charge on any atom is 0.407 e. The Hall–Kier alpha value is -6.02. The van der Waals surface area contributed by atoms with Gasteiger partial charge >= 0.3 is 6.18 Å². The lowest BCUT2D eigenvalue weighted by Gasteiger charge is -2.55. The SMILES string of the molecule is [C-]#[N+]c1ccc(N2CCC(C(=O)Nc3ccc(N4CCC(CN5CC6(CCN(c7ccc8c(c7)C(=O)N(C7CCC(=O)NC7=O)C8=O)CC6)C5)CC4)cn3)CC2)cc1C(F)(F)F. The minimum atomic E-state index is -4.62. The fraction of sp³-hybridized carbons (Fsp3) is 0.489. The van der Waals surface area contributed by atoms with Gasteiger partial charge in [0.1, 0.15) is 11.9 Å². The van der Waals surface area contributed by atoms with E-state index >= 15 is 0 Å². The number of fused-ring (bicyclic) bond motifs is 1. The van der Waals surface area contributed by atoms with Crippen molar-refractivity contribution in [2.75, 3.05) is 78.9 Å². The second-order valence-corrected chi connectivity index (χ2v) is 17.7. The topological polar surface area (TPSA) is 143 Å². The molecule has 0 bridgehead atoms. The number of amides is 5. The third kappa shape index (κ3) is 8.07. The van der Waals surface area contributed by atoms with Crippen LogP contribution in [0.5, 0.6) is 0 Å². The summed E-state index contributed by atoms with van der Waals surface area (Å²) in [5, 5.41) is 5.16. The summed E-state index contributed by atoms with van der Waals surface area (Å²) in [6.45, 7) is 14.7. The smallest absolute Gasteiger partial charge is 0.372 e. The minimum Gasteiger partial charge on any atom is -0.372 e. The average Bonchev–Trinajstić information content (AvgIpc) is 3.51. The molecule has 5 amide bonds.